The van der Waals surface area contributed by atoms with Crippen LogP contribution in [0.1, 0.15) is 18.3 Å². The molecule has 2 aromatic heterocycles. The van der Waals surface area contributed by atoms with Gasteiger partial charge in [0.25, 0.3) is 0 Å². The average molecular weight is 316 g/mol. The standard InChI is InChI=1S/C15H16N4S2/c1-4-12-18-13(16-3)9(2)14(19-12)21-15-17-10-7-5-6-8-11(10)20-15/h5-8H,4H2,1-3H3,(H,16,18,19). The van der Waals surface area contributed by atoms with E-state index in [-0.39, 0.29) is 0 Å². The van der Waals surface area contributed by atoms with Gasteiger partial charge in [0.2, 0.25) is 0 Å². The molecule has 1 N–H and O–H groups in total. The van der Waals surface area contributed by atoms with Crippen LogP contribution >= 0.6 is 23.1 Å². The normalized spacial score (nSPS) is 11.0. The summed E-state index contributed by atoms with van der Waals surface area (Å²) in [5, 5.41) is 4.12. The van der Waals surface area contributed by atoms with Crippen LogP contribution in [0.5, 0.6) is 0 Å². The Labute approximate surface area is 132 Å². The molecule has 3 aromatic rings. The molecule has 108 valence electrons. The number of hydrogen-bond acceptors (Lipinski definition) is 6. The summed E-state index contributed by atoms with van der Waals surface area (Å²) in [4.78, 5) is 13.8. The fourth-order valence-corrected chi connectivity index (χ4v) is 4.10. The highest BCUT2D eigenvalue weighted by molar-refractivity contribution is 8.01. The number of para-hydroxylation sites is 1. The Kier molecular flexibility index (Phi) is 4.07. The lowest BCUT2D eigenvalue weighted by atomic mass is 10.3. The molecule has 0 aliphatic carbocycles. The van der Waals surface area contributed by atoms with Gasteiger partial charge in [0.05, 0.1) is 10.2 Å². The fraction of sp³-hybridized carbons (Fsp3) is 0.267. The molecule has 0 radical (unpaired) electrons. The Morgan fingerprint density at radius 2 is 2.00 bits per heavy atom. The predicted molar refractivity (Wildman–Crippen MR) is 89.4 cm³/mol. The van der Waals surface area contributed by atoms with Gasteiger partial charge in [-0.1, -0.05) is 19.1 Å². The molecule has 3 rings (SSSR count). The third-order valence-corrected chi connectivity index (χ3v) is 5.35. The highest BCUT2D eigenvalue weighted by atomic mass is 32.2. The average Bonchev–Trinajstić information content (AvgIpc) is 2.91. The van der Waals surface area contributed by atoms with Gasteiger partial charge in [0, 0.05) is 19.0 Å². The van der Waals surface area contributed by atoms with Crippen molar-refractivity contribution in [3.8, 4) is 0 Å². The van der Waals surface area contributed by atoms with Crippen molar-refractivity contribution in [1.82, 2.24) is 15.0 Å². The van der Waals surface area contributed by atoms with Gasteiger partial charge >= 0.3 is 0 Å². The summed E-state index contributed by atoms with van der Waals surface area (Å²) in [6, 6.07) is 8.19. The number of aryl methyl sites for hydroxylation is 1. The summed E-state index contributed by atoms with van der Waals surface area (Å²) in [6.07, 6.45) is 0.822. The van der Waals surface area contributed by atoms with Gasteiger partial charge < -0.3 is 5.32 Å². The van der Waals surface area contributed by atoms with Crippen LogP contribution in [-0.2, 0) is 6.42 Å². The van der Waals surface area contributed by atoms with Crippen molar-refractivity contribution in [3.63, 3.8) is 0 Å². The Bertz CT molecular complexity index is 749. The second-order valence-electron chi connectivity index (χ2n) is 4.57. The smallest absolute Gasteiger partial charge is 0.157 e. The van der Waals surface area contributed by atoms with Gasteiger partial charge in [-0.15, -0.1) is 11.3 Å². The van der Waals surface area contributed by atoms with E-state index in [2.05, 4.69) is 33.3 Å². The number of rotatable bonds is 4. The lowest BCUT2D eigenvalue weighted by Crippen LogP contribution is -2.03. The third-order valence-electron chi connectivity index (χ3n) is 3.16. The number of anilines is 1. The lowest BCUT2D eigenvalue weighted by molar-refractivity contribution is 0.874. The van der Waals surface area contributed by atoms with Crippen LogP contribution in [0, 0.1) is 6.92 Å². The molecule has 0 spiro atoms. The summed E-state index contributed by atoms with van der Waals surface area (Å²) in [5.41, 5.74) is 2.11. The summed E-state index contributed by atoms with van der Waals surface area (Å²) in [7, 11) is 1.89. The molecule has 21 heavy (non-hydrogen) atoms. The molecule has 6 heteroatoms. The van der Waals surface area contributed by atoms with E-state index in [4.69, 9.17) is 0 Å². The largest absolute Gasteiger partial charge is 0.373 e. The highest BCUT2D eigenvalue weighted by Crippen LogP contribution is 2.36. The highest BCUT2D eigenvalue weighted by Gasteiger charge is 2.13. The van der Waals surface area contributed by atoms with Gasteiger partial charge in [-0.25, -0.2) is 15.0 Å². The zero-order valence-electron chi connectivity index (χ0n) is 12.2. The first kappa shape index (κ1) is 14.3. The van der Waals surface area contributed by atoms with Gasteiger partial charge in [0.1, 0.15) is 16.7 Å². The molecule has 0 unspecified atom stereocenters. The Morgan fingerprint density at radius 1 is 1.19 bits per heavy atom. The van der Waals surface area contributed by atoms with E-state index in [9.17, 15) is 0 Å². The van der Waals surface area contributed by atoms with E-state index in [1.807, 2.05) is 32.2 Å². The van der Waals surface area contributed by atoms with Gasteiger partial charge in [-0.2, -0.15) is 0 Å². The van der Waals surface area contributed by atoms with Crippen LogP contribution in [-0.4, -0.2) is 22.0 Å². The lowest BCUT2D eigenvalue weighted by Gasteiger charge is -2.09. The first-order valence-electron chi connectivity index (χ1n) is 6.80. The quantitative estimate of drug-likeness (QED) is 0.733. The number of aromatic nitrogens is 3. The molecule has 1 aromatic carbocycles. The number of benzene rings is 1. The van der Waals surface area contributed by atoms with Crippen molar-refractivity contribution in [2.45, 2.75) is 29.6 Å². The van der Waals surface area contributed by atoms with E-state index in [0.717, 1.165) is 38.5 Å². The first-order chi connectivity index (χ1) is 10.2. The van der Waals surface area contributed by atoms with Crippen molar-refractivity contribution < 1.29 is 0 Å². The predicted octanol–water partition coefficient (Wildman–Crippen LogP) is 4.15. The fourth-order valence-electron chi connectivity index (χ4n) is 2.02. The first-order valence-corrected chi connectivity index (χ1v) is 8.43. The maximum atomic E-state index is 4.66. The van der Waals surface area contributed by atoms with Crippen molar-refractivity contribution in [3.05, 3.63) is 35.7 Å². The van der Waals surface area contributed by atoms with Crippen molar-refractivity contribution in [2.24, 2.45) is 0 Å². The van der Waals surface area contributed by atoms with E-state index in [1.165, 1.54) is 4.70 Å². The third kappa shape index (κ3) is 2.87. The van der Waals surface area contributed by atoms with E-state index in [1.54, 1.807) is 23.1 Å². The molecule has 2 heterocycles. The zero-order chi connectivity index (χ0) is 14.8. The van der Waals surface area contributed by atoms with Gasteiger partial charge in [-0.3, -0.25) is 0 Å². The summed E-state index contributed by atoms with van der Waals surface area (Å²) in [6.45, 7) is 4.11. The van der Waals surface area contributed by atoms with E-state index < -0.39 is 0 Å². The SMILES string of the molecule is CCc1nc(NC)c(C)c(Sc2nc3ccccc3s2)n1. The van der Waals surface area contributed by atoms with Crippen molar-refractivity contribution in [1.29, 1.82) is 0 Å². The van der Waals surface area contributed by atoms with E-state index in [0.29, 0.717) is 0 Å². The monoisotopic (exact) mass is 316 g/mol. The summed E-state index contributed by atoms with van der Waals surface area (Å²) >= 11 is 3.31. The van der Waals surface area contributed by atoms with Crippen LogP contribution in [0.25, 0.3) is 10.2 Å². The maximum Gasteiger partial charge on any atom is 0.157 e. The molecule has 0 saturated carbocycles. The second kappa shape index (κ2) is 5.99. The Hall–Kier alpha value is -1.66. The molecular weight excluding hydrogens is 300 g/mol. The Morgan fingerprint density at radius 3 is 2.71 bits per heavy atom. The number of fused-ring (bicyclic) bond motifs is 1. The minimum Gasteiger partial charge on any atom is -0.373 e. The molecule has 0 aliphatic rings. The maximum absolute atomic E-state index is 4.66. The molecule has 0 fully saturated rings. The molecule has 0 saturated heterocycles. The number of thiazole rings is 1. The Balaban J connectivity index is 2.00. The van der Waals surface area contributed by atoms with Gasteiger partial charge in [0.15, 0.2) is 4.34 Å². The summed E-state index contributed by atoms with van der Waals surface area (Å²) in [5.74, 6) is 1.75. The molecule has 4 nitrogen and oxygen atoms in total. The van der Waals surface area contributed by atoms with Crippen LogP contribution in [0.2, 0.25) is 0 Å². The number of hydrogen-bond donors (Lipinski definition) is 1. The zero-order valence-corrected chi connectivity index (χ0v) is 13.8. The molecular formula is C15H16N4S2. The van der Waals surface area contributed by atoms with Crippen LogP contribution in [0.15, 0.2) is 33.6 Å². The van der Waals surface area contributed by atoms with Crippen molar-refractivity contribution >= 4 is 39.1 Å². The molecule has 0 atom stereocenters. The number of nitrogens with zero attached hydrogens (tertiary/aromatic N) is 3. The molecule has 0 bridgehead atoms. The minimum absolute atomic E-state index is 0.822. The van der Waals surface area contributed by atoms with Crippen LogP contribution < -0.4 is 5.32 Å². The van der Waals surface area contributed by atoms with Gasteiger partial charge in [-0.05, 0) is 30.8 Å². The number of nitrogens with one attached hydrogen (secondary N) is 1. The molecule has 0 amide bonds. The van der Waals surface area contributed by atoms with E-state index >= 15 is 0 Å². The van der Waals surface area contributed by atoms with Crippen LogP contribution in [0.4, 0.5) is 5.82 Å². The molecule has 0 aliphatic heterocycles. The second-order valence-corrected chi connectivity index (χ2v) is 6.84. The van der Waals surface area contributed by atoms with Crippen LogP contribution in [0.3, 0.4) is 0 Å². The topological polar surface area (TPSA) is 50.7 Å². The minimum atomic E-state index is 0.822. The van der Waals surface area contributed by atoms with Crippen molar-refractivity contribution in [2.75, 3.05) is 12.4 Å². The summed E-state index contributed by atoms with van der Waals surface area (Å²) < 4.78 is 2.22.